The van der Waals surface area contributed by atoms with Gasteiger partial charge in [0.25, 0.3) is 0 Å². The highest BCUT2D eigenvalue weighted by Crippen LogP contribution is 2.21. The Morgan fingerprint density at radius 2 is 1.89 bits per heavy atom. The van der Waals surface area contributed by atoms with Crippen molar-refractivity contribution in [1.29, 1.82) is 0 Å². The lowest BCUT2D eigenvalue weighted by Crippen LogP contribution is -2.34. The molecule has 0 saturated carbocycles. The molecule has 2 N–H and O–H groups in total. The lowest BCUT2D eigenvalue weighted by molar-refractivity contribution is -0.131. The van der Waals surface area contributed by atoms with Crippen LogP contribution in [0.1, 0.15) is 65.2 Å². The van der Waals surface area contributed by atoms with Crippen LogP contribution in [0.4, 0.5) is 0 Å². The maximum atomic E-state index is 11.9. The number of hydrogen-bond donors (Lipinski definition) is 1. The normalized spacial score (nSPS) is 18.6. The largest absolute Gasteiger partial charge is 0.343 e. The van der Waals surface area contributed by atoms with Crippen LogP contribution in [0.15, 0.2) is 0 Å². The zero-order valence-electron chi connectivity index (χ0n) is 12.2. The molecule has 1 heterocycles. The summed E-state index contributed by atoms with van der Waals surface area (Å²) in [6.07, 6.45) is 8.98. The average Bonchev–Trinajstić information content (AvgIpc) is 2.32. The van der Waals surface area contributed by atoms with Crippen LogP contribution >= 0.6 is 0 Å². The zero-order chi connectivity index (χ0) is 13.4. The summed E-state index contributed by atoms with van der Waals surface area (Å²) in [7, 11) is 0. The van der Waals surface area contributed by atoms with Gasteiger partial charge >= 0.3 is 0 Å². The lowest BCUT2D eigenvalue weighted by Gasteiger charge is -2.26. The molecule has 0 radical (unpaired) electrons. The predicted octanol–water partition coefficient (Wildman–Crippen LogP) is 2.93. The first kappa shape index (κ1) is 15.5. The Labute approximate surface area is 112 Å². The van der Waals surface area contributed by atoms with Gasteiger partial charge in [0.15, 0.2) is 0 Å². The Hall–Kier alpha value is -0.570. The number of unbranched alkanes of at least 4 members (excludes halogenated alkanes) is 1. The van der Waals surface area contributed by atoms with Gasteiger partial charge in [0, 0.05) is 19.5 Å². The molecular formula is C15H30N2O. The van der Waals surface area contributed by atoms with E-state index in [0.29, 0.717) is 5.91 Å². The van der Waals surface area contributed by atoms with Crippen molar-refractivity contribution < 1.29 is 4.79 Å². The van der Waals surface area contributed by atoms with Crippen LogP contribution in [0.3, 0.4) is 0 Å². The highest BCUT2D eigenvalue weighted by molar-refractivity contribution is 5.76. The molecule has 1 aliphatic heterocycles. The van der Waals surface area contributed by atoms with Gasteiger partial charge < -0.3 is 10.6 Å². The fraction of sp³-hybridized carbons (Fsp3) is 0.933. The van der Waals surface area contributed by atoms with Gasteiger partial charge in [-0.25, -0.2) is 0 Å². The third-order valence-corrected chi connectivity index (χ3v) is 4.01. The average molecular weight is 254 g/mol. The Morgan fingerprint density at radius 1 is 1.17 bits per heavy atom. The molecule has 106 valence electrons. The Morgan fingerprint density at radius 3 is 2.61 bits per heavy atom. The lowest BCUT2D eigenvalue weighted by atomic mass is 9.87. The highest BCUT2D eigenvalue weighted by Gasteiger charge is 2.17. The number of hydrogen-bond acceptors (Lipinski definition) is 2. The third-order valence-electron chi connectivity index (χ3n) is 4.01. The van der Waals surface area contributed by atoms with Crippen molar-refractivity contribution in [3.63, 3.8) is 0 Å². The van der Waals surface area contributed by atoms with E-state index in [-0.39, 0.29) is 5.41 Å². The van der Waals surface area contributed by atoms with Crippen LogP contribution in [0, 0.1) is 5.41 Å². The Balaban J connectivity index is 2.22. The fourth-order valence-electron chi connectivity index (χ4n) is 2.46. The number of nitrogens with zero attached hydrogens (tertiary/aromatic N) is 1. The van der Waals surface area contributed by atoms with Crippen molar-refractivity contribution in [2.45, 2.75) is 65.2 Å². The first-order valence-corrected chi connectivity index (χ1v) is 7.53. The van der Waals surface area contributed by atoms with E-state index in [2.05, 4.69) is 18.7 Å². The summed E-state index contributed by atoms with van der Waals surface area (Å²) in [5.74, 6) is 0.368. The summed E-state index contributed by atoms with van der Waals surface area (Å²) in [4.78, 5) is 14.0. The minimum atomic E-state index is 0.250. The minimum absolute atomic E-state index is 0.250. The highest BCUT2D eigenvalue weighted by atomic mass is 16.2. The summed E-state index contributed by atoms with van der Waals surface area (Å²) in [5, 5.41) is 0. The van der Waals surface area contributed by atoms with Crippen LogP contribution in [-0.2, 0) is 4.79 Å². The maximum Gasteiger partial charge on any atom is 0.222 e. The maximum absolute atomic E-state index is 11.9. The first-order valence-electron chi connectivity index (χ1n) is 7.53. The van der Waals surface area contributed by atoms with Crippen LogP contribution in [0.5, 0.6) is 0 Å². The first-order chi connectivity index (χ1) is 8.55. The molecule has 0 spiro atoms. The van der Waals surface area contributed by atoms with E-state index in [0.717, 1.165) is 45.3 Å². The molecule has 1 saturated heterocycles. The molecule has 1 rings (SSSR count). The van der Waals surface area contributed by atoms with Gasteiger partial charge in [-0.2, -0.15) is 0 Å². The molecule has 3 heteroatoms. The number of rotatable bonds is 6. The van der Waals surface area contributed by atoms with E-state index < -0.39 is 0 Å². The Bertz CT molecular complexity index is 251. The van der Waals surface area contributed by atoms with Gasteiger partial charge in [0.1, 0.15) is 0 Å². The molecule has 0 aromatic heterocycles. The van der Waals surface area contributed by atoms with Crippen molar-refractivity contribution in [3.05, 3.63) is 0 Å². The number of likely N-dealkylation sites (tertiary alicyclic amines) is 1. The zero-order valence-corrected chi connectivity index (χ0v) is 12.2. The van der Waals surface area contributed by atoms with E-state index in [1.165, 1.54) is 25.7 Å². The number of nitrogens with two attached hydrogens (primary N) is 1. The molecule has 1 aliphatic rings. The molecule has 0 atom stereocenters. The molecule has 18 heavy (non-hydrogen) atoms. The molecule has 3 nitrogen and oxygen atoms in total. The molecule has 0 bridgehead atoms. The predicted molar refractivity (Wildman–Crippen MR) is 76.4 cm³/mol. The van der Waals surface area contributed by atoms with E-state index in [9.17, 15) is 4.79 Å². The molecular weight excluding hydrogens is 224 g/mol. The Kier molecular flexibility index (Phi) is 6.69. The van der Waals surface area contributed by atoms with Gasteiger partial charge in [-0.05, 0) is 37.6 Å². The van der Waals surface area contributed by atoms with Crippen molar-refractivity contribution >= 4 is 5.91 Å². The van der Waals surface area contributed by atoms with Gasteiger partial charge in [0.05, 0.1) is 0 Å². The van der Waals surface area contributed by atoms with E-state index in [1.54, 1.807) is 0 Å². The summed E-state index contributed by atoms with van der Waals surface area (Å²) < 4.78 is 0. The smallest absolute Gasteiger partial charge is 0.222 e. The van der Waals surface area contributed by atoms with E-state index >= 15 is 0 Å². The van der Waals surface area contributed by atoms with Crippen molar-refractivity contribution in [2.75, 3.05) is 19.6 Å². The molecule has 1 amide bonds. The summed E-state index contributed by atoms with van der Waals surface area (Å²) in [6.45, 7) is 7.09. The summed E-state index contributed by atoms with van der Waals surface area (Å²) in [5.41, 5.74) is 5.98. The van der Waals surface area contributed by atoms with Crippen molar-refractivity contribution in [3.8, 4) is 0 Å². The molecule has 0 aromatic rings. The SMILES string of the molecule is CC(C)(CN)CCCCN1CCCCCCC1=O. The minimum Gasteiger partial charge on any atom is -0.343 e. The second kappa shape index (κ2) is 7.78. The van der Waals surface area contributed by atoms with Crippen LogP contribution in [0.2, 0.25) is 0 Å². The quantitative estimate of drug-likeness (QED) is 0.741. The third kappa shape index (κ3) is 5.85. The second-order valence-corrected chi connectivity index (χ2v) is 6.37. The van der Waals surface area contributed by atoms with Crippen LogP contribution in [0.25, 0.3) is 0 Å². The second-order valence-electron chi connectivity index (χ2n) is 6.37. The van der Waals surface area contributed by atoms with Gasteiger partial charge in [-0.1, -0.05) is 33.1 Å². The number of amides is 1. The number of carbonyl (C=O) groups is 1. The topological polar surface area (TPSA) is 46.3 Å². The number of carbonyl (C=O) groups excluding carboxylic acids is 1. The van der Waals surface area contributed by atoms with Crippen LogP contribution < -0.4 is 5.73 Å². The van der Waals surface area contributed by atoms with E-state index in [1.807, 2.05) is 0 Å². The van der Waals surface area contributed by atoms with Crippen molar-refractivity contribution in [1.82, 2.24) is 4.90 Å². The standard InChI is InChI=1S/C15H30N2O/c1-15(2,13-16)10-6-8-12-17-11-7-4-3-5-9-14(17)18/h3-13,16H2,1-2H3. The van der Waals surface area contributed by atoms with Gasteiger partial charge in [-0.15, -0.1) is 0 Å². The summed E-state index contributed by atoms with van der Waals surface area (Å²) >= 11 is 0. The molecule has 0 unspecified atom stereocenters. The monoisotopic (exact) mass is 254 g/mol. The van der Waals surface area contributed by atoms with E-state index in [4.69, 9.17) is 5.73 Å². The molecule has 1 fully saturated rings. The van der Waals surface area contributed by atoms with Gasteiger partial charge in [0.2, 0.25) is 5.91 Å². The summed E-state index contributed by atoms with van der Waals surface area (Å²) in [6, 6.07) is 0. The fourth-order valence-corrected chi connectivity index (χ4v) is 2.46. The molecule has 0 aliphatic carbocycles. The van der Waals surface area contributed by atoms with Crippen molar-refractivity contribution in [2.24, 2.45) is 11.1 Å². The van der Waals surface area contributed by atoms with Crippen LogP contribution in [-0.4, -0.2) is 30.4 Å². The van der Waals surface area contributed by atoms with Gasteiger partial charge in [-0.3, -0.25) is 4.79 Å². The molecule has 0 aromatic carbocycles.